The second kappa shape index (κ2) is 7.73. The minimum absolute atomic E-state index is 0.0219. The van der Waals surface area contributed by atoms with Gasteiger partial charge in [0, 0.05) is 0 Å². The van der Waals surface area contributed by atoms with Gasteiger partial charge in [-0.15, -0.1) is 0 Å². The number of hydrogen-bond donors (Lipinski definition) is 2. The second-order valence-electron chi connectivity index (χ2n) is 6.61. The van der Waals surface area contributed by atoms with E-state index in [0.717, 1.165) is 18.8 Å². The number of alkyl carbamates (subject to hydrolysis) is 1. The Hall–Kier alpha value is -0.770. The summed E-state index contributed by atoms with van der Waals surface area (Å²) in [4.78, 5) is 11.6. The molecule has 1 rings (SSSR count). The minimum atomic E-state index is -0.493. The van der Waals surface area contributed by atoms with Crippen LogP contribution >= 0.6 is 0 Å². The summed E-state index contributed by atoms with van der Waals surface area (Å²) in [6, 6.07) is -0.184. The normalized spacial score (nSPS) is 18.9. The summed E-state index contributed by atoms with van der Waals surface area (Å²) in [6.07, 6.45) is 8.09. The molecule has 0 saturated heterocycles. The topological polar surface area (TPSA) is 58.6 Å². The molecule has 0 bridgehead atoms. The first-order valence-electron chi connectivity index (χ1n) is 7.51. The molecular formula is C15H29NO3. The van der Waals surface area contributed by atoms with Gasteiger partial charge in [-0.2, -0.15) is 0 Å². The molecule has 1 amide bonds. The Labute approximate surface area is 116 Å². The van der Waals surface area contributed by atoms with Crippen LogP contribution in [0.2, 0.25) is 0 Å². The van der Waals surface area contributed by atoms with E-state index in [9.17, 15) is 9.90 Å². The van der Waals surface area contributed by atoms with Crippen LogP contribution in [0, 0.1) is 5.92 Å². The Morgan fingerprint density at radius 2 is 1.95 bits per heavy atom. The van der Waals surface area contributed by atoms with E-state index in [0.29, 0.717) is 0 Å². The number of carbonyl (C=O) groups excluding carboxylic acids is 1. The average molecular weight is 271 g/mol. The van der Waals surface area contributed by atoms with E-state index in [1.54, 1.807) is 0 Å². The fraction of sp³-hybridized carbons (Fsp3) is 0.933. The highest BCUT2D eigenvalue weighted by molar-refractivity contribution is 5.68. The zero-order chi connectivity index (χ0) is 14.3. The van der Waals surface area contributed by atoms with Gasteiger partial charge in [0.2, 0.25) is 0 Å². The highest BCUT2D eigenvalue weighted by Gasteiger charge is 2.20. The third-order valence-electron chi connectivity index (χ3n) is 3.59. The third-order valence-corrected chi connectivity index (χ3v) is 3.59. The molecule has 19 heavy (non-hydrogen) atoms. The number of aliphatic hydroxyl groups is 1. The first-order chi connectivity index (χ1) is 8.90. The van der Waals surface area contributed by atoms with E-state index in [-0.39, 0.29) is 12.6 Å². The number of rotatable bonds is 5. The quantitative estimate of drug-likeness (QED) is 0.807. The lowest BCUT2D eigenvalue weighted by Gasteiger charge is -2.25. The van der Waals surface area contributed by atoms with Crippen LogP contribution in [0.25, 0.3) is 0 Å². The summed E-state index contributed by atoms with van der Waals surface area (Å²) >= 11 is 0. The molecule has 0 unspecified atom stereocenters. The van der Waals surface area contributed by atoms with Gasteiger partial charge in [0.15, 0.2) is 0 Å². The third kappa shape index (κ3) is 7.41. The maximum atomic E-state index is 11.6. The summed E-state index contributed by atoms with van der Waals surface area (Å²) in [5.41, 5.74) is -0.493. The van der Waals surface area contributed by atoms with Crippen LogP contribution in [0.5, 0.6) is 0 Å². The molecular weight excluding hydrogens is 242 g/mol. The van der Waals surface area contributed by atoms with Gasteiger partial charge in [-0.25, -0.2) is 4.79 Å². The summed E-state index contributed by atoms with van der Waals surface area (Å²) in [5, 5.41) is 12.1. The van der Waals surface area contributed by atoms with Gasteiger partial charge < -0.3 is 15.2 Å². The molecule has 4 nitrogen and oxygen atoms in total. The van der Waals surface area contributed by atoms with Crippen LogP contribution in [0.3, 0.4) is 0 Å². The van der Waals surface area contributed by atoms with Gasteiger partial charge in [-0.1, -0.05) is 32.1 Å². The van der Waals surface area contributed by atoms with Gasteiger partial charge >= 0.3 is 6.09 Å². The maximum absolute atomic E-state index is 11.6. The van der Waals surface area contributed by atoms with Crippen molar-refractivity contribution in [1.82, 2.24) is 5.32 Å². The zero-order valence-electron chi connectivity index (χ0n) is 12.6. The van der Waals surface area contributed by atoms with Crippen molar-refractivity contribution in [1.29, 1.82) is 0 Å². The smallest absolute Gasteiger partial charge is 0.407 e. The van der Waals surface area contributed by atoms with E-state index in [1.807, 2.05) is 20.8 Å². The number of carbonyl (C=O) groups is 1. The van der Waals surface area contributed by atoms with Crippen LogP contribution in [-0.2, 0) is 4.74 Å². The van der Waals surface area contributed by atoms with E-state index < -0.39 is 11.7 Å². The average Bonchev–Trinajstić information content (AvgIpc) is 2.33. The first kappa shape index (κ1) is 16.3. The summed E-state index contributed by atoms with van der Waals surface area (Å²) in [5.74, 6) is 0.767. The van der Waals surface area contributed by atoms with E-state index in [1.165, 1.54) is 32.1 Å². The Morgan fingerprint density at radius 1 is 1.32 bits per heavy atom. The first-order valence-corrected chi connectivity index (χ1v) is 7.51. The minimum Gasteiger partial charge on any atom is -0.444 e. The van der Waals surface area contributed by atoms with Crippen molar-refractivity contribution in [3.63, 3.8) is 0 Å². The van der Waals surface area contributed by atoms with Crippen molar-refractivity contribution in [3.05, 3.63) is 0 Å². The number of amides is 1. The van der Waals surface area contributed by atoms with Crippen molar-refractivity contribution in [2.45, 2.75) is 77.4 Å². The predicted molar refractivity (Wildman–Crippen MR) is 76.1 cm³/mol. The maximum Gasteiger partial charge on any atom is 0.407 e. The second-order valence-corrected chi connectivity index (χ2v) is 6.61. The van der Waals surface area contributed by atoms with Crippen molar-refractivity contribution in [2.24, 2.45) is 5.92 Å². The molecule has 0 aromatic rings. The predicted octanol–water partition coefficient (Wildman–Crippen LogP) is 3.23. The molecule has 0 aliphatic heterocycles. The monoisotopic (exact) mass is 271 g/mol. The van der Waals surface area contributed by atoms with Crippen LogP contribution < -0.4 is 5.32 Å². The molecule has 1 aliphatic carbocycles. The Morgan fingerprint density at radius 3 is 2.47 bits per heavy atom. The van der Waals surface area contributed by atoms with Crippen LogP contribution in [0.4, 0.5) is 4.79 Å². The molecule has 0 heterocycles. The van der Waals surface area contributed by atoms with Gasteiger partial charge in [-0.3, -0.25) is 0 Å². The SMILES string of the molecule is CC(C)(C)OC(=O)N[C@@H](CO)CCC1CCCCC1. The molecule has 0 radical (unpaired) electrons. The van der Waals surface area contributed by atoms with Crippen LogP contribution in [0.1, 0.15) is 65.7 Å². The summed E-state index contributed by atoms with van der Waals surface area (Å²) in [6.45, 7) is 5.49. The van der Waals surface area contributed by atoms with E-state index in [2.05, 4.69) is 5.32 Å². The molecule has 112 valence electrons. The lowest BCUT2D eigenvalue weighted by Crippen LogP contribution is -2.41. The molecule has 1 aliphatic rings. The van der Waals surface area contributed by atoms with Crippen LogP contribution in [0.15, 0.2) is 0 Å². The largest absolute Gasteiger partial charge is 0.444 e. The van der Waals surface area contributed by atoms with Gasteiger partial charge in [0.05, 0.1) is 12.6 Å². The number of aliphatic hydroxyl groups excluding tert-OH is 1. The molecule has 0 aromatic carbocycles. The number of nitrogens with one attached hydrogen (secondary N) is 1. The molecule has 1 fully saturated rings. The summed E-state index contributed by atoms with van der Waals surface area (Å²) in [7, 11) is 0. The van der Waals surface area contributed by atoms with Crippen molar-refractivity contribution in [2.75, 3.05) is 6.61 Å². The van der Waals surface area contributed by atoms with Gasteiger partial charge in [0.25, 0.3) is 0 Å². The summed E-state index contributed by atoms with van der Waals surface area (Å²) < 4.78 is 5.20. The molecule has 1 atom stereocenters. The molecule has 0 aromatic heterocycles. The number of ether oxygens (including phenoxy) is 1. The fourth-order valence-electron chi connectivity index (χ4n) is 2.60. The van der Waals surface area contributed by atoms with Gasteiger partial charge in [0.1, 0.15) is 5.60 Å². The van der Waals surface area contributed by atoms with Gasteiger partial charge in [-0.05, 0) is 39.5 Å². The van der Waals surface area contributed by atoms with Crippen molar-refractivity contribution < 1.29 is 14.6 Å². The Balaban J connectivity index is 2.26. The lowest BCUT2D eigenvalue weighted by molar-refractivity contribution is 0.0475. The van der Waals surface area contributed by atoms with Crippen molar-refractivity contribution >= 4 is 6.09 Å². The Kier molecular flexibility index (Phi) is 6.63. The van der Waals surface area contributed by atoms with Crippen molar-refractivity contribution in [3.8, 4) is 0 Å². The molecule has 0 spiro atoms. The molecule has 1 saturated carbocycles. The number of hydrogen-bond acceptors (Lipinski definition) is 3. The fourth-order valence-corrected chi connectivity index (χ4v) is 2.60. The van der Waals surface area contributed by atoms with E-state index in [4.69, 9.17) is 4.74 Å². The lowest BCUT2D eigenvalue weighted by atomic mass is 9.85. The highest BCUT2D eigenvalue weighted by atomic mass is 16.6. The molecule has 4 heteroatoms. The van der Waals surface area contributed by atoms with E-state index >= 15 is 0 Å². The zero-order valence-corrected chi connectivity index (χ0v) is 12.6. The standard InChI is InChI=1S/C15H29NO3/c1-15(2,3)19-14(18)16-13(11-17)10-9-12-7-5-4-6-8-12/h12-13,17H,4-11H2,1-3H3,(H,16,18)/t13-/m1/s1. The highest BCUT2D eigenvalue weighted by Crippen LogP contribution is 2.27. The Bertz CT molecular complexity index is 267. The van der Waals surface area contributed by atoms with Crippen LogP contribution in [-0.4, -0.2) is 29.4 Å². The molecule has 2 N–H and O–H groups in total.